The van der Waals surface area contributed by atoms with Gasteiger partial charge in [-0.1, -0.05) is 30.3 Å². The molecule has 0 aliphatic rings. The largest absolute Gasteiger partial charge is 0.392 e. The monoisotopic (exact) mass is 176 g/mol. The van der Waals surface area contributed by atoms with Crippen molar-refractivity contribution < 1.29 is 9.90 Å². The third-order valence-electron chi connectivity index (χ3n) is 1.69. The molecule has 1 N–H and O–H groups in total. The van der Waals surface area contributed by atoms with E-state index in [-0.39, 0.29) is 12.4 Å². The smallest absolute Gasteiger partial charge is 0.185 e. The molecule has 2 heteroatoms. The number of rotatable bonds is 3. The highest BCUT2D eigenvalue weighted by Crippen LogP contribution is 2.02. The predicted octanol–water partition coefficient (Wildman–Crippen LogP) is 1.81. The maximum atomic E-state index is 11.4. The van der Waals surface area contributed by atoms with E-state index in [0.717, 1.165) is 0 Å². The number of carbonyl (C=O) groups excluding carboxylic acids is 1. The van der Waals surface area contributed by atoms with Crippen molar-refractivity contribution in [2.45, 2.75) is 6.92 Å². The third-order valence-corrected chi connectivity index (χ3v) is 1.69. The van der Waals surface area contributed by atoms with Crippen LogP contribution in [0.4, 0.5) is 0 Å². The lowest BCUT2D eigenvalue weighted by atomic mass is 10.1. The standard InChI is InChI=1S/C11H12O2/c1-9(8-12)7-11(13)10-5-3-2-4-6-10/h2-7,12H,8H2,1H3. The van der Waals surface area contributed by atoms with Gasteiger partial charge in [-0.25, -0.2) is 0 Å². The Labute approximate surface area is 77.5 Å². The summed E-state index contributed by atoms with van der Waals surface area (Å²) >= 11 is 0. The topological polar surface area (TPSA) is 37.3 Å². The first-order valence-corrected chi connectivity index (χ1v) is 4.11. The molecule has 0 aliphatic carbocycles. The van der Waals surface area contributed by atoms with Gasteiger partial charge in [-0.3, -0.25) is 4.79 Å². The minimum absolute atomic E-state index is 0.0628. The number of ketones is 1. The highest BCUT2D eigenvalue weighted by Gasteiger charge is 2.00. The van der Waals surface area contributed by atoms with E-state index in [1.54, 1.807) is 19.1 Å². The Balaban J connectivity index is 2.81. The molecule has 2 nitrogen and oxygen atoms in total. The molecule has 0 bridgehead atoms. The molecule has 1 aromatic rings. The van der Waals surface area contributed by atoms with E-state index in [9.17, 15) is 4.79 Å². The summed E-state index contributed by atoms with van der Waals surface area (Å²) in [5.41, 5.74) is 1.32. The van der Waals surface area contributed by atoms with Crippen LogP contribution in [0.15, 0.2) is 42.0 Å². The molecule has 68 valence electrons. The van der Waals surface area contributed by atoms with Gasteiger partial charge in [0, 0.05) is 5.56 Å². The summed E-state index contributed by atoms with van der Waals surface area (Å²) in [6, 6.07) is 9.00. The molecule has 0 radical (unpaired) electrons. The Hall–Kier alpha value is -1.41. The highest BCUT2D eigenvalue weighted by molar-refractivity contribution is 6.04. The van der Waals surface area contributed by atoms with E-state index < -0.39 is 0 Å². The van der Waals surface area contributed by atoms with Crippen LogP contribution < -0.4 is 0 Å². The second kappa shape index (κ2) is 4.58. The zero-order valence-corrected chi connectivity index (χ0v) is 7.53. The number of benzene rings is 1. The number of carbonyl (C=O) groups is 1. The zero-order valence-electron chi connectivity index (χ0n) is 7.53. The number of hydrogen-bond donors (Lipinski definition) is 1. The maximum Gasteiger partial charge on any atom is 0.185 e. The van der Waals surface area contributed by atoms with Gasteiger partial charge in [-0.15, -0.1) is 0 Å². The molecule has 1 aromatic carbocycles. The van der Waals surface area contributed by atoms with Crippen LogP contribution in [0.5, 0.6) is 0 Å². The Bertz CT molecular complexity index is 312. The maximum absolute atomic E-state index is 11.4. The van der Waals surface area contributed by atoms with Crippen LogP contribution in [0.1, 0.15) is 17.3 Å². The van der Waals surface area contributed by atoms with Gasteiger partial charge in [0.15, 0.2) is 5.78 Å². The van der Waals surface area contributed by atoms with Crippen LogP contribution in [-0.2, 0) is 0 Å². The summed E-state index contributed by atoms with van der Waals surface area (Å²) < 4.78 is 0. The molecule has 0 spiro atoms. The van der Waals surface area contributed by atoms with Crippen molar-refractivity contribution in [3.63, 3.8) is 0 Å². The van der Waals surface area contributed by atoms with E-state index in [1.165, 1.54) is 6.08 Å². The van der Waals surface area contributed by atoms with Gasteiger partial charge in [-0.05, 0) is 18.6 Å². The first kappa shape index (κ1) is 9.68. The average molecular weight is 176 g/mol. The number of aliphatic hydroxyl groups excluding tert-OH is 1. The lowest BCUT2D eigenvalue weighted by Gasteiger charge is -1.96. The molecule has 0 amide bonds. The van der Waals surface area contributed by atoms with E-state index in [0.29, 0.717) is 11.1 Å². The molecule has 0 aliphatic heterocycles. The summed E-state index contributed by atoms with van der Waals surface area (Å²) in [6.45, 7) is 1.65. The fourth-order valence-corrected chi connectivity index (χ4v) is 0.955. The fourth-order valence-electron chi connectivity index (χ4n) is 0.955. The second-order valence-corrected chi connectivity index (χ2v) is 2.88. The predicted molar refractivity (Wildman–Crippen MR) is 51.6 cm³/mol. The lowest BCUT2D eigenvalue weighted by Crippen LogP contribution is -1.96. The van der Waals surface area contributed by atoms with Crippen LogP contribution in [0.2, 0.25) is 0 Å². The summed E-state index contributed by atoms with van der Waals surface area (Å²) in [5.74, 6) is -0.0628. The normalized spacial score (nSPS) is 11.4. The van der Waals surface area contributed by atoms with Gasteiger partial charge >= 0.3 is 0 Å². The van der Waals surface area contributed by atoms with Crippen molar-refractivity contribution >= 4 is 5.78 Å². The number of allylic oxidation sites excluding steroid dienone is 1. The van der Waals surface area contributed by atoms with Crippen LogP contribution in [0, 0.1) is 0 Å². The van der Waals surface area contributed by atoms with Crippen LogP contribution in [0.25, 0.3) is 0 Å². The van der Waals surface area contributed by atoms with E-state index in [4.69, 9.17) is 5.11 Å². The SMILES string of the molecule is CC(=CC(=O)c1ccccc1)CO. The highest BCUT2D eigenvalue weighted by atomic mass is 16.3. The van der Waals surface area contributed by atoms with Gasteiger partial charge in [0.1, 0.15) is 0 Å². The van der Waals surface area contributed by atoms with E-state index in [2.05, 4.69) is 0 Å². The van der Waals surface area contributed by atoms with Crippen molar-refractivity contribution in [3.8, 4) is 0 Å². The Morgan fingerprint density at radius 3 is 2.54 bits per heavy atom. The average Bonchev–Trinajstić information content (AvgIpc) is 2.19. The first-order chi connectivity index (χ1) is 6.24. The summed E-state index contributed by atoms with van der Waals surface area (Å²) in [7, 11) is 0. The number of hydrogen-bond acceptors (Lipinski definition) is 2. The summed E-state index contributed by atoms with van der Waals surface area (Å²) in [4.78, 5) is 11.4. The Kier molecular flexibility index (Phi) is 3.41. The molecule has 0 unspecified atom stereocenters. The minimum atomic E-state index is -0.0709. The molecule has 0 aromatic heterocycles. The molecule has 1 rings (SSSR count). The van der Waals surface area contributed by atoms with Crippen molar-refractivity contribution in [2.24, 2.45) is 0 Å². The zero-order chi connectivity index (χ0) is 9.68. The van der Waals surface area contributed by atoms with Crippen LogP contribution in [0.3, 0.4) is 0 Å². The molecule has 13 heavy (non-hydrogen) atoms. The Morgan fingerprint density at radius 2 is 2.00 bits per heavy atom. The quantitative estimate of drug-likeness (QED) is 0.563. The van der Waals surface area contributed by atoms with Gasteiger partial charge < -0.3 is 5.11 Å². The third kappa shape index (κ3) is 2.84. The molecular weight excluding hydrogens is 164 g/mol. The molecule has 0 fully saturated rings. The summed E-state index contributed by atoms with van der Waals surface area (Å²) in [6.07, 6.45) is 1.45. The Morgan fingerprint density at radius 1 is 1.38 bits per heavy atom. The van der Waals surface area contributed by atoms with Crippen LogP contribution >= 0.6 is 0 Å². The molecule has 0 saturated carbocycles. The van der Waals surface area contributed by atoms with Crippen molar-refractivity contribution in [1.29, 1.82) is 0 Å². The van der Waals surface area contributed by atoms with Gasteiger partial charge in [-0.2, -0.15) is 0 Å². The lowest BCUT2D eigenvalue weighted by molar-refractivity contribution is 0.104. The van der Waals surface area contributed by atoms with E-state index >= 15 is 0 Å². The first-order valence-electron chi connectivity index (χ1n) is 4.11. The van der Waals surface area contributed by atoms with Gasteiger partial charge in [0.05, 0.1) is 6.61 Å². The minimum Gasteiger partial charge on any atom is -0.392 e. The van der Waals surface area contributed by atoms with E-state index in [1.807, 2.05) is 18.2 Å². The van der Waals surface area contributed by atoms with Gasteiger partial charge in [0.25, 0.3) is 0 Å². The van der Waals surface area contributed by atoms with Crippen molar-refractivity contribution in [2.75, 3.05) is 6.61 Å². The fraction of sp³-hybridized carbons (Fsp3) is 0.182. The van der Waals surface area contributed by atoms with Gasteiger partial charge in [0.2, 0.25) is 0 Å². The van der Waals surface area contributed by atoms with Crippen LogP contribution in [-0.4, -0.2) is 17.5 Å². The summed E-state index contributed by atoms with van der Waals surface area (Å²) in [5, 5.41) is 8.71. The molecular formula is C11H12O2. The van der Waals surface area contributed by atoms with Crippen molar-refractivity contribution in [1.82, 2.24) is 0 Å². The number of aliphatic hydroxyl groups is 1. The molecule has 0 saturated heterocycles. The molecule has 0 atom stereocenters. The molecule has 0 heterocycles. The van der Waals surface area contributed by atoms with Crippen molar-refractivity contribution in [3.05, 3.63) is 47.5 Å². The second-order valence-electron chi connectivity index (χ2n) is 2.88.